The van der Waals surface area contributed by atoms with Crippen LogP contribution in [0.3, 0.4) is 0 Å². The predicted octanol–water partition coefficient (Wildman–Crippen LogP) is 3.64. The van der Waals surface area contributed by atoms with Gasteiger partial charge in [-0.1, -0.05) is 28.8 Å². The molecule has 0 aliphatic heterocycles. The van der Waals surface area contributed by atoms with Crippen molar-refractivity contribution >= 4 is 27.9 Å². The Morgan fingerprint density at radius 2 is 2.06 bits per heavy atom. The zero-order valence-corrected chi connectivity index (χ0v) is 11.0. The van der Waals surface area contributed by atoms with E-state index in [0.29, 0.717) is 6.04 Å². The van der Waals surface area contributed by atoms with E-state index >= 15 is 0 Å². The number of carbonyl (C=O) groups is 1. The van der Waals surface area contributed by atoms with E-state index in [1.165, 1.54) is 25.7 Å². The van der Waals surface area contributed by atoms with Gasteiger partial charge < -0.3 is 4.90 Å². The topological polar surface area (TPSA) is 20.3 Å². The molecule has 3 heteroatoms. The van der Waals surface area contributed by atoms with E-state index in [-0.39, 0.29) is 0 Å². The number of benzene rings is 1. The lowest BCUT2D eigenvalue weighted by atomic mass is 10.1. The number of nitrogens with zero attached hydrogens (tertiary/aromatic N) is 1. The van der Waals surface area contributed by atoms with Gasteiger partial charge in [-0.25, -0.2) is 0 Å². The molecular weight excluding hydrogens is 266 g/mol. The summed E-state index contributed by atoms with van der Waals surface area (Å²) < 4.78 is 0.957. The van der Waals surface area contributed by atoms with Crippen molar-refractivity contribution in [1.29, 1.82) is 0 Å². The Kier molecular flexibility index (Phi) is 3.64. The Hall–Kier alpha value is -0.830. The van der Waals surface area contributed by atoms with E-state index in [9.17, 15) is 4.79 Å². The van der Waals surface area contributed by atoms with Crippen molar-refractivity contribution in [2.24, 2.45) is 0 Å². The van der Waals surface area contributed by atoms with Crippen LogP contribution in [0.1, 0.15) is 36.0 Å². The molecule has 0 bridgehead atoms. The molecule has 1 aromatic carbocycles. The van der Waals surface area contributed by atoms with Gasteiger partial charge in [0, 0.05) is 28.8 Å². The Morgan fingerprint density at radius 1 is 1.38 bits per heavy atom. The van der Waals surface area contributed by atoms with Crippen molar-refractivity contribution in [3.63, 3.8) is 0 Å². The first-order valence-electron chi connectivity index (χ1n) is 5.70. The zero-order chi connectivity index (χ0) is 11.5. The SMILES string of the molecule is CN(c1ccc(Br)cc1C=O)C1CCCC1. The van der Waals surface area contributed by atoms with E-state index in [0.717, 1.165) is 22.0 Å². The Morgan fingerprint density at radius 3 is 2.69 bits per heavy atom. The fraction of sp³-hybridized carbons (Fsp3) is 0.462. The van der Waals surface area contributed by atoms with Gasteiger partial charge in [-0.3, -0.25) is 4.79 Å². The van der Waals surface area contributed by atoms with Gasteiger partial charge in [0.2, 0.25) is 0 Å². The molecule has 0 spiro atoms. The molecule has 86 valence electrons. The third-order valence-electron chi connectivity index (χ3n) is 3.37. The van der Waals surface area contributed by atoms with Crippen LogP contribution in [0.2, 0.25) is 0 Å². The average Bonchev–Trinajstić information content (AvgIpc) is 2.81. The Balaban J connectivity index is 2.27. The van der Waals surface area contributed by atoms with E-state index < -0.39 is 0 Å². The largest absolute Gasteiger partial charge is 0.371 e. The van der Waals surface area contributed by atoms with E-state index in [4.69, 9.17) is 0 Å². The molecule has 0 amide bonds. The molecule has 2 nitrogen and oxygen atoms in total. The minimum absolute atomic E-state index is 0.597. The van der Waals surface area contributed by atoms with Crippen LogP contribution in [0.5, 0.6) is 0 Å². The van der Waals surface area contributed by atoms with E-state index in [2.05, 4.69) is 27.9 Å². The fourth-order valence-corrected chi connectivity index (χ4v) is 2.81. The van der Waals surface area contributed by atoms with Crippen molar-refractivity contribution in [2.45, 2.75) is 31.7 Å². The lowest BCUT2D eigenvalue weighted by molar-refractivity contribution is 0.112. The first-order chi connectivity index (χ1) is 7.72. The molecule has 16 heavy (non-hydrogen) atoms. The smallest absolute Gasteiger partial charge is 0.152 e. The van der Waals surface area contributed by atoms with Crippen molar-refractivity contribution in [1.82, 2.24) is 0 Å². The van der Waals surface area contributed by atoms with Crippen molar-refractivity contribution in [3.8, 4) is 0 Å². The normalized spacial score (nSPS) is 16.4. The summed E-state index contributed by atoms with van der Waals surface area (Å²) in [6.45, 7) is 0. The number of hydrogen-bond donors (Lipinski definition) is 0. The first-order valence-corrected chi connectivity index (χ1v) is 6.49. The summed E-state index contributed by atoms with van der Waals surface area (Å²) in [4.78, 5) is 13.3. The molecule has 1 aliphatic rings. The first kappa shape index (κ1) is 11.6. The molecule has 1 fully saturated rings. The summed E-state index contributed by atoms with van der Waals surface area (Å²) in [5.74, 6) is 0. The van der Waals surface area contributed by atoms with Crippen LogP contribution in [-0.2, 0) is 0 Å². The van der Waals surface area contributed by atoms with Crippen LogP contribution in [0, 0.1) is 0 Å². The highest BCUT2D eigenvalue weighted by Gasteiger charge is 2.21. The maximum atomic E-state index is 11.1. The Bertz CT molecular complexity index is 386. The maximum absolute atomic E-state index is 11.1. The molecule has 0 aromatic heterocycles. The standard InChI is InChI=1S/C13H16BrNO/c1-15(12-4-2-3-5-12)13-7-6-11(14)8-10(13)9-16/h6-9,12H,2-5H2,1H3. The number of rotatable bonds is 3. The second-order valence-corrected chi connectivity index (χ2v) is 5.29. The molecule has 0 radical (unpaired) electrons. The predicted molar refractivity (Wildman–Crippen MR) is 70.2 cm³/mol. The lowest BCUT2D eigenvalue weighted by Gasteiger charge is -2.27. The molecule has 0 N–H and O–H groups in total. The van der Waals surface area contributed by atoms with Crippen LogP contribution >= 0.6 is 15.9 Å². The molecule has 0 saturated heterocycles. The molecule has 0 atom stereocenters. The van der Waals surface area contributed by atoms with Crippen LogP contribution < -0.4 is 4.90 Å². The molecular formula is C13H16BrNO. The number of anilines is 1. The second kappa shape index (κ2) is 5.00. The fourth-order valence-electron chi connectivity index (χ4n) is 2.43. The summed E-state index contributed by atoms with van der Waals surface area (Å²) in [6.07, 6.45) is 6.03. The van der Waals surface area contributed by atoms with Gasteiger partial charge in [0.05, 0.1) is 0 Å². The number of halogens is 1. The van der Waals surface area contributed by atoms with Crippen molar-refractivity contribution in [2.75, 3.05) is 11.9 Å². The van der Waals surface area contributed by atoms with E-state index in [1.54, 1.807) is 0 Å². The van der Waals surface area contributed by atoms with Crippen molar-refractivity contribution < 1.29 is 4.79 Å². The summed E-state index contributed by atoms with van der Waals surface area (Å²) in [6, 6.07) is 6.49. The van der Waals surface area contributed by atoms with Gasteiger partial charge in [-0.05, 0) is 31.0 Å². The summed E-state index contributed by atoms with van der Waals surface area (Å²) in [5, 5.41) is 0. The highest BCUT2D eigenvalue weighted by atomic mass is 79.9. The zero-order valence-electron chi connectivity index (χ0n) is 9.45. The monoisotopic (exact) mass is 281 g/mol. The lowest BCUT2D eigenvalue weighted by Crippen LogP contribution is -2.29. The average molecular weight is 282 g/mol. The third kappa shape index (κ3) is 2.29. The third-order valence-corrected chi connectivity index (χ3v) is 3.86. The van der Waals surface area contributed by atoms with Gasteiger partial charge in [0.1, 0.15) is 0 Å². The minimum Gasteiger partial charge on any atom is -0.371 e. The molecule has 1 aliphatic carbocycles. The molecule has 0 heterocycles. The van der Waals surface area contributed by atoms with E-state index in [1.807, 2.05) is 18.2 Å². The summed E-state index contributed by atoms with van der Waals surface area (Å²) in [7, 11) is 2.09. The van der Waals surface area contributed by atoms with Crippen molar-refractivity contribution in [3.05, 3.63) is 28.2 Å². The Labute approximate surface area is 105 Å². The van der Waals surface area contributed by atoms with Crippen LogP contribution in [0.25, 0.3) is 0 Å². The summed E-state index contributed by atoms with van der Waals surface area (Å²) in [5.41, 5.74) is 1.81. The van der Waals surface area contributed by atoms with Crippen LogP contribution in [0.4, 0.5) is 5.69 Å². The van der Waals surface area contributed by atoms with Gasteiger partial charge in [0.15, 0.2) is 6.29 Å². The van der Waals surface area contributed by atoms with Gasteiger partial charge >= 0.3 is 0 Å². The molecule has 0 unspecified atom stereocenters. The molecule has 1 saturated carbocycles. The second-order valence-electron chi connectivity index (χ2n) is 4.37. The summed E-state index contributed by atoms with van der Waals surface area (Å²) >= 11 is 3.39. The molecule has 1 aromatic rings. The number of hydrogen-bond acceptors (Lipinski definition) is 2. The van der Waals surface area contributed by atoms with Gasteiger partial charge in [-0.15, -0.1) is 0 Å². The van der Waals surface area contributed by atoms with Crippen LogP contribution in [-0.4, -0.2) is 19.4 Å². The van der Waals surface area contributed by atoms with Crippen LogP contribution in [0.15, 0.2) is 22.7 Å². The quantitative estimate of drug-likeness (QED) is 0.789. The highest BCUT2D eigenvalue weighted by molar-refractivity contribution is 9.10. The van der Waals surface area contributed by atoms with Gasteiger partial charge in [0.25, 0.3) is 0 Å². The molecule has 2 rings (SSSR count). The minimum atomic E-state index is 0.597. The van der Waals surface area contributed by atoms with Gasteiger partial charge in [-0.2, -0.15) is 0 Å². The maximum Gasteiger partial charge on any atom is 0.152 e. The number of carbonyl (C=O) groups excluding carboxylic acids is 1. The highest BCUT2D eigenvalue weighted by Crippen LogP contribution is 2.29. The number of aldehydes is 1.